The largest absolute Gasteiger partial charge is 0.481 e. The molecule has 0 saturated heterocycles. The molecule has 1 rings (SSSR count). The molecule has 17 heavy (non-hydrogen) atoms. The van der Waals surface area contributed by atoms with Gasteiger partial charge in [-0.3, -0.25) is 9.59 Å². The predicted octanol–water partition coefficient (Wildman–Crippen LogP) is 2.24. The van der Waals surface area contributed by atoms with Crippen LogP contribution in [0.1, 0.15) is 29.3 Å². The monoisotopic (exact) mass is 255 g/mol. The van der Waals surface area contributed by atoms with Gasteiger partial charge in [0.15, 0.2) is 0 Å². The summed E-state index contributed by atoms with van der Waals surface area (Å²) < 4.78 is 0. The zero-order valence-electron chi connectivity index (χ0n) is 9.66. The lowest BCUT2D eigenvalue weighted by Crippen LogP contribution is -2.34. The molecule has 1 amide bonds. The SMILES string of the molecule is Cc1ccc(C(=O)NC(C)CC(=O)O)cc1Cl. The van der Waals surface area contributed by atoms with Crippen molar-refractivity contribution in [1.29, 1.82) is 0 Å². The predicted molar refractivity (Wildman–Crippen MR) is 65.4 cm³/mol. The Kier molecular flexibility index (Phi) is 4.52. The molecule has 0 bridgehead atoms. The van der Waals surface area contributed by atoms with E-state index in [9.17, 15) is 9.59 Å². The Morgan fingerprint density at radius 2 is 2.12 bits per heavy atom. The first-order chi connectivity index (χ1) is 7.90. The van der Waals surface area contributed by atoms with E-state index in [1.165, 1.54) is 0 Å². The van der Waals surface area contributed by atoms with E-state index >= 15 is 0 Å². The number of amides is 1. The van der Waals surface area contributed by atoms with Crippen molar-refractivity contribution >= 4 is 23.5 Å². The molecular formula is C12H14ClNO3. The summed E-state index contributed by atoms with van der Waals surface area (Å²) >= 11 is 5.90. The highest BCUT2D eigenvalue weighted by molar-refractivity contribution is 6.31. The Bertz CT molecular complexity index is 445. The summed E-state index contributed by atoms with van der Waals surface area (Å²) in [7, 11) is 0. The van der Waals surface area contributed by atoms with E-state index in [-0.39, 0.29) is 12.3 Å². The fourth-order valence-electron chi connectivity index (χ4n) is 1.35. The Morgan fingerprint density at radius 1 is 1.47 bits per heavy atom. The molecule has 0 aromatic heterocycles. The van der Waals surface area contributed by atoms with Crippen LogP contribution in [0, 0.1) is 6.92 Å². The minimum Gasteiger partial charge on any atom is -0.481 e. The molecule has 1 unspecified atom stereocenters. The zero-order chi connectivity index (χ0) is 13.0. The number of aryl methyl sites for hydroxylation is 1. The molecule has 92 valence electrons. The molecular weight excluding hydrogens is 242 g/mol. The van der Waals surface area contributed by atoms with Crippen LogP contribution < -0.4 is 5.32 Å². The molecule has 1 atom stereocenters. The maximum absolute atomic E-state index is 11.7. The molecule has 0 spiro atoms. The number of carbonyl (C=O) groups excluding carboxylic acids is 1. The van der Waals surface area contributed by atoms with Gasteiger partial charge in [-0.15, -0.1) is 0 Å². The second-order valence-corrected chi connectivity index (χ2v) is 4.34. The van der Waals surface area contributed by atoms with Gasteiger partial charge in [-0.2, -0.15) is 0 Å². The summed E-state index contributed by atoms with van der Waals surface area (Å²) in [5.41, 5.74) is 1.32. The first-order valence-corrected chi connectivity index (χ1v) is 5.56. The number of carboxylic acids is 1. The molecule has 4 nitrogen and oxygen atoms in total. The van der Waals surface area contributed by atoms with E-state index in [1.54, 1.807) is 25.1 Å². The van der Waals surface area contributed by atoms with Crippen LogP contribution in [0.3, 0.4) is 0 Å². The zero-order valence-corrected chi connectivity index (χ0v) is 10.4. The first kappa shape index (κ1) is 13.5. The number of benzene rings is 1. The average molecular weight is 256 g/mol. The normalized spacial score (nSPS) is 11.9. The van der Waals surface area contributed by atoms with Crippen molar-refractivity contribution in [3.8, 4) is 0 Å². The van der Waals surface area contributed by atoms with Crippen LogP contribution >= 0.6 is 11.6 Å². The molecule has 1 aromatic carbocycles. The number of carboxylic acid groups (broad SMARTS) is 1. The molecule has 0 aliphatic heterocycles. The van der Waals surface area contributed by atoms with Gasteiger partial charge < -0.3 is 10.4 Å². The summed E-state index contributed by atoms with van der Waals surface area (Å²) in [6, 6.07) is 4.56. The lowest BCUT2D eigenvalue weighted by atomic mass is 10.1. The van der Waals surface area contributed by atoms with Crippen molar-refractivity contribution in [3.05, 3.63) is 34.3 Å². The van der Waals surface area contributed by atoms with Gasteiger partial charge in [0.1, 0.15) is 0 Å². The van der Waals surface area contributed by atoms with E-state index in [2.05, 4.69) is 5.32 Å². The Balaban J connectivity index is 2.70. The second kappa shape index (κ2) is 5.68. The van der Waals surface area contributed by atoms with Crippen LogP contribution in [0.15, 0.2) is 18.2 Å². The molecule has 5 heteroatoms. The molecule has 0 radical (unpaired) electrons. The highest BCUT2D eigenvalue weighted by Crippen LogP contribution is 2.16. The highest BCUT2D eigenvalue weighted by Gasteiger charge is 2.13. The maximum Gasteiger partial charge on any atom is 0.305 e. The summed E-state index contributed by atoms with van der Waals surface area (Å²) in [5, 5.41) is 11.7. The van der Waals surface area contributed by atoms with Crippen LogP contribution in [0.25, 0.3) is 0 Å². The molecule has 0 fully saturated rings. The van der Waals surface area contributed by atoms with E-state index in [1.807, 2.05) is 6.92 Å². The van der Waals surface area contributed by atoms with Crippen LogP contribution in [-0.2, 0) is 4.79 Å². The van der Waals surface area contributed by atoms with E-state index in [0.717, 1.165) is 5.56 Å². The number of nitrogens with one attached hydrogen (secondary N) is 1. The average Bonchev–Trinajstić information content (AvgIpc) is 2.20. The standard InChI is InChI=1S/C12H14ClNO3/c1-7-3-4-9(6-10(7)13)12(17)14-8(2)5-11(15)16/h3-4,6,8H,5H2,1-2H3,(H,14,17)(H,15,16). The van der Waals surface area contributed by atoms with Gasteiger partial charge in [0.2, 0.25) is 0 Å². The van der Waals surface area contributed by atoms with Crippen LogP contribution in [0.2, 0.25) is 5.02 Å². The summed E-state index contributed by atoms with van der Waals surface area (Å²) in [6.07, 6.45) is -0.106. The quantitative estimate of drug-likeness (QED) is 0.867. The lowest BCUT2D eigenvalue weighted by Gasteiger charge is -2.11. The van der Waals surface area contributed by atoms with Gasteiger partial charge in [-0.1, -0.05) is 17.7 Å². The van der Waals surface area contributed by atoms with Crippen molar-refractivity contribution in [2.24, 2.45) is 0 Å². The number of hydrogen-bond acceptors (Lipinski definition) is 2. The van der Waals surface area contributed by atoms with Gasteiger partial charge >= 0.3 is 5.97 Å². The molecule has 0 aliphatic carbocycles. The van der Waals surface area contributed by atoms with E-state index < -0.39 is 12.0 Å². The molecule has 1 aromatic rings. The van der Waals surface area contributed by atoms with E-state index in [4.69, 9.17) is 16.7 Å². The molecule has 0 heterocycles. The third kappa shape index (κ3) is 4.07. The number of rotatable bonds is 4. The van der Waals surface area contributed by atoms with Crippen LogP contribution in [0.4, 0.5) is 0 Å². The summed E-state index contributed by atoms with van der Waals surface area (Å²) in [4.78, 5) is 22.2. The molecule has 0 aliphatic rings. The molecule has 0 saturated carbocycles. The topological polar surface area (TPSA) is 66.4 Å². The Hall–Kier alpha value is -1.55. The van der Waals surface area contributed by atoms with Crippen LogP contribution in [-0.4, -0.2) is 23.0 Å². The second-order valence-electron chi connectivity index (χ2n) is 3.94. The fourth-order valence-corrected chi connectivity index (χ4v) is 1.53. The van der Waals surface area contributed by atoms with Gasteiger partial charge in [-0.25, -0.2) is 0 Å². The number of halogens is 1. The maximum atomic E-state index is 11.7. The third-order valence-electron chi connectivity index (χ3n) is 2.29. The van der Waals surface area contributed by atoms with Gasteiger partial charge in [0.25, 0.3) is 5.91 Å². The minimum atomic E-state index is -0.945. The summed E-state index contributed by atoms with van der Waals surface area (Å²) in [5.74, 6) is -1.26. The van der Waals surface area contributed by atoms with Gasteiger partial charge in [0, 0.05) is 16.6 Å². The van der Waals surface area contributed by atoms with Crippen molar-refractivity contribution in [2.75, 3.05) is 0 Å². The fraction of sp³-hybridized carbons (Fsp3) is 0.333. The summed E-state index contributed by atoms with van der Waals surface area (Å²) in [6.45, 7) is 3.49. The van der Waals surface area contributed by atoms with Crippen molar-refractivity contribution in [1.82, 2.24) is 5.32 Å². The number of hydrogen-bond donors (Lipinski definition) is 2. The lowest BCUT2D eigenvalue weighted by molar-refractivity contribution is -0.137. The molecule has 2 N–H and O–H groups in total. The Morgan fingerprint density at radius 3 is 2.65 bits per heavy atom. The minimum absolute atomic E-state index is 0.106. The van der Waals surface area contributed by atoms with Crippen molar-refractivity contribution in [2.45, 2.75) is 26.3 Å². The first-order valence-electron chi connectivity index (χ1n) is 5.19. The third-order valence-corrected chi connectivity index (χ3v) is 2.70. The number of carbonyl (C=O) groups is 2. The van der Waals surface area contributed by atoms with Crippen molar-refractivity contribution < 1.29 is 14.7 Å². The smallest absolute Gasteiger partial charge is 0.305 e. The Labute approximate surface area is 105 Å². The highest BCUT2D eigenvalue weighted by atomic mass is 35.5. The van der Waals surface area contributed by atoms with E-state index in [0.29, 0.717) is 10.6 Å². The van der Waals surface area contributed by atoms with Gasteiger partial charge in [-0.05, 0) is 31.5 Å². The number of aliphatic carboxylic acids is 1. The van der Waals surface area contributed by atoms with Gasteiger partial charge in [0.05, 0.1) is 6.42 Å². The van der Waals surface area contributed by atoms with Crippen LogP contribution in [0.5, 0.6) is 0 Å². The van der Waals surface area contributed by atoms with Crippen molar-refractivity contribution in [3.63, 3.8) is 0 Å².